The van der Waals surface area contributed by atoms with Crippen LogP contribution >= 0.6 is 0 Å². The van der Waals surface area contributed by atoms with Gasteiger partial charge in [0, 0.05) is 6.04 Å². The van der Waals surface area contributed by atoms with E-state index in [0.29, 0.717) is 16.9 Å². The van der Waals surface area contributed by atoms with Gasteiger partial charge < -0.3 is 11.1 Å². The molecule has 3 heteroatoms. The molecule has 4 atom stereocenters. The van der Waals surface area contributed by atoms with Crippen LogP contribution in [0, 0.1) is 16.7 Å². The van der Waals surface area contributed by atoms with Gasteiger partial charge in [0.1, 0.15) is 0 Å². The maximum atomic E-state index is 11.1. The Bertz CT molecular complexity index is 313. The Hall–Kier alpha value is -0.570. The first-order valence-corrected chi connectivity index (χ1v) is 6.34. The lowest BCUT2D eigenvalue weighted by Gasteiger charge is -2.40. The lowest BCUT2D eigenvalue weighted by Crippen LogP contribution is -2.51. The molecule has 2 bridgehead atoms. The SMILES string of the molecule is CC(NC1CC2CCC1(C)C2(C)C)C(N)=O. The minimum atomic E-state index is -0.246. The van der Waals surface area contributed by atoms with E-state index in [1.807, 2.05) is 6.92 Å². The minimum Gasteiger partial charge on any atom is -0.368 e. The van der Waals surface area contributed by atoms with Crippen LogP contribution in [-0.4, -0.2) is 18.0 Å². The molecule has 0 aromatic heterocycles. The van der Waals surface area contributed by atoms with Gasteiger partial charge in [-0.1, -0.05) is 20.8 Å². The third-order valence-corrected chi connectivity index (χ3v) is 5.67. The van der Waals surface area contributed by atoms with Gasteiger partial charge in [0.15, 0.2) is 0 Å². The van der Waals surface area contributed by atoms with Crippen molar-refractivity contribution in [3.8, 4) is 0 Å². The third-order valence-electron chi connectivity index (χ3n) is 5.67. The maximum absolute atomic E-state index is 11.1. The van der Waals surface area contributed by atoms with E-state index in [-0.39, 0.29) is 11.9 Å². The second kappa shape index (κ2) is 3.46. The zero-order valence-corrected chi connectivity index (χ0v) is 10.8. The Morgan fingerprint density at radius 2 is 2.06 bits per heavy atom. The lowest BCUT2D eigenvalue weighted by molar-refractivity contribution is -0.120. The minimum absolute atomic E-state index is 0.211. The second-order valence-electron chi connectivity index (χ2n) is 6.45. The number of amides is 1. The van der Waals surface area contributed by atoms with Gasteiger partial charge in [-0.05, 0) is 42.9 Å². The van der Waals surface area contributed by atoms with Gasteiger partial charge in [-0.15, -0.1) is 0 Å². The summed E-state index contributed by atoms with van der Waals surface area (Å²) in [6.07, 6.45) is 3.81. The van der Waals surface area contributed by atoms with E-state index in [4.69, 9.17) is 5.73 Å². The highest BCUT2D eigenvalue weighted by atomic mass is 16.1. The standard InChI is InChI=1S/C13H24N2O/c1-8(11(14)16)15-10-7-9-5-6-13(10,4)12(9,2)3/h8-10,15H,5-7H2,1-4H3,(H2,14,16). The number of primary amides is 1. The highest BCUT2D eigenvalue weighted by Crippen LogP contribution is 2.65. The summed E-state index contributed by atoms with van der Waals surface area (Å²) < 4.78 is 0. The molecule has 2 aliphatic rings. The van der Waals surface area contributed by atoms with Gasteiger partial charge in [0.05, 0.1) is 6.04 Å². The van der Waals surface area contributed by atoms with Crippen molar-refractivity contribution in [1.29, 1.82) is 0 Å². The molecule has 3 nitrogen and oxygen atoms in total. The molecule has 0 saturated heterocycles. The normalized spacial score (nSPS) is 42.2. The van der Waals surface area contributed by atoms with Crippen molar-refractivity contribution in [3.63, 3.8) is 0 Å². The van der Waals surface area contributed by atoms with Crippen LogP contribution in [0.1, 0.15) is 47.0 Å². The van der Waals surface area contributed by atoms with E-state index in [9.17, 15) is 4.79 Å². The number of fused-ring (bicyclic) bond motifs is 2. The summed E-state index contributed by atoms with van der Waals surface area (Å²) in [4.78, 5) is 11.1. The van der Waals surface area contributed by atoms with Gasteiger partial charge in [-0.25, -0.2) is 0 Å². The molecule has 1 amide bonds. The molecule has 4 unspecified atom stereocenters. The van der Waals surface area contributed by atoms with Crippen molar-refractivity contribution in [2.45, 2.75) is 59.0 Å². The first-order valence-electron chi connectivity index (χ1n) is 6.34. The zero-order valence-electron chi connectivity index (χ0n) is 10.8. The molecular weight excluding hydrogens is 200 g/mol. The number of hydrogen-bond donors (Lipinski definition) is 2. The van der Waals surface area contributed by atoms with E-state index in [2.05, 4.69) is 26.1 Å². The maximum Gasteiger partial charge on any atom is 0.234 e. The van der Waals surface area contributed by atoms with Gasteiger partial charge in [0.25, 0.3) is 0 Å². The van der Waals surface area contributed by atoms with E-state index in [1.165, 1.54) is 19.3 Å². The topological polar surface area (TPSA) is 55.1 Å². The van der Waals surface area contributed by atoms with Crippen LogP contribution in [0.2, 0.25) is 0 Å². The first-order chi connectivity index (χ1) is 7.29. The summed E-state index contributed by atoms with van der Waals surface area (Å²) >= 11 is 0. The number of rotatable bonds is 3. The Balaban J connectivity index is 2.13. The van der Waals surface area contributed by atoms with Crippen molar-refractivity contribution >= 4 is 5.91 Å². The lowest BCUT2D eigenvalue weighted by atomic mass is 9.69. The van der Waals surface area contributed by atoms with Gasteiger partial charge >= 0.3 is 0 Å². The fourth-order valence-electron chi connectivity index (χ4n) is 3.84. The van der Waals surface area contributed by atoms with Crippen molar-refractivity contribution in [1.82, 2.24) is 5.32 Å². The summed E-state index contributed by atoms with van der Waals surface area (Å²) in [5, 5.41) is 3.43. The van der Waals surface area contributed by atoms with Crippen molar-refractivity contribution in [3.05, 3.63) is 0 Å². The number of nitrogens with one attached hydrogen (secondary N) is 1. The fourth-order valence-corrected chi connectivity index (χ4v) is 3.84. The van der Waals surface area contributed by atoms with Gasteiger partial charge in [0.2, 0.25) is 5.91 Å². The van der Waals surface area contributed by atoms with Gasteiger partial charge in [-0.2, -0.15) is 0 Å². The molecular formula is C13H24N2O. The van der Waals surface area contributed by atoms with Crippen molar-refractivity contribution in [2.24, 2.45) is 22.5 Å². The van der Waals surface area contributed by atoms with E-state index < -0.39 is 0 Å². The molecule has 2 saturated carbocycles. The highest BCUT2D eigenvalue weighted by Gasteiger charge is 2.61. The second-order valence-corrected chi connectivity index (χ2v) is 6.45. The predicted octanol–water partition coefficient (Wildman–Crippen LogP) is 1.66. The summed E-state index contributed by atoms with van der Waals surface area (Å²) in [5.41, 5.74) is 6.03. The number of carbonyl (C=O) groups is 1. The Kier molecular flexibility index (Phi) is 2.57. The molecule has 2 aliphatic carbocycles. The Morgan fingerprint density at radius 3 is 2.44 bits per heavy atom. The number of hydrogen-bond acceptors (Lipinski definition) is 2. The highest BCUT2D eigenvalue weighted by molar-refractivity contribution is 5.79. The van der Waals surface area contributed by atoms with Crippen LogP contribution < -0.4 is 11.1 Å². The molecule has 0 aromatic carbocycles. The summed E-state index contributed by atoms with van der Waals surface area (Å²) in [6.45, 7) is 8.98. The third kappa shape index (κ3) is 1.41. The van der Waals surface area contributed by atoms with Crippen LogP contribution in [0.4, 0.5) is 0 Å². The average Bonchev–Trinajstić information content (AvgIpc) is 2.50. The molecule has 92 valence electrons. The van der Waals surface area contributed by atoms with E-state index >= 15 is 0 Å². The summed E-state index contributed by atoms with van der Waals surface area (Å²) in [6, 6.07) is 0.237. The largest absolute Gasteiger partial charge is 0.368 e. The summed E-state index contributed by atoms with van der Waals surface area (Å²) in [7, 11) is 0. The van der Waals surface area contributed by atoms with Crippen LogP contribution in [0.5, 0.6) is 0 Å². The molecule has 0 radical (unpaired) electrons. The van der Waals surface area contributed by atoms with Crippen molar-refractivity contribution in [2.75, 3.05) is 0 Å². The molecule has 0 aliphatic heterocycles. The number of carbonyl (C=O) groups excluding carboxylic acids is 1. The fraction of sp³-hybridized carbons (Fsp3) is 0.923. The van der Waals surface area contributed by atoms with Crippen LogP contribution in [0.25, 0.3) is 0 Å². The van der Waals surface area contributed by atoms with Gasteiger partial charge in [-0.3, -0.25) is 4.79 Å². The predicted molar refractivity (Wildman–Crippen MR) is 64.8 cm³/mol. The zero-order chi connectivity index (χ0) is 12.1. The average molecular weight is 224 g/mol. The van der Waals surface area contributed by atoms with E-state index in [0.717, 1.165) is 5.92 Å². The van der Waals surface area contributed by atoms with Crippen LogP contribution in [0.3, 0.4) is 0 Å². The summed E-state index contributed by atoms with van der Waals surface area (Å²) in [5.74, 6) is 0.555. The quantitative estimate of drug-likeness (QED) is 0.766. The van der Waals surface area contributed by atoms with Crippen molar-refractivity contribution < 1.29 is 4.79 Å². The molecule has 16 heavy (non-hydrogen) atoms. The molecule has 0 aromatic rings. The van der Waals surface area contributed by atoms with Crippen LogP contribution in [0.15, 0.2) is 0 Å². The smallest absolute Gasteiger partial charge is 0.234 e. The molecule has 3 N–H and O–H groups in total. The molecule has 2 rings (SSSR count). The molecule has 0 heterocycles. The first kappa shape index (κ1) is 11.9. The van der Waals surface area contributed by atoms with E-state index in [1.54, 1.807) is 0 Å². The number of nitrogens with two attached hydrogens (primary N) is 1. The Labute approximate surface area is 98.2 Å². The molecule has 2 fully saturated rings. The molecule has 0 spiro atoms. The monoisotopic (exact) mass is 224 g/mol. The van der Waals surface area contributed by atoms with Crippen LogP contribution in [-0.2, 0) is 4.79 Å². The Morgan fingerprint density at radius 1 is 1.44 bits per heavy atom.